The molecule has 0 bridgehead atoms. The summed E-state index contributed by atoms with van der Waals surface area (Å²) in [6.45, 7) is 1.71. The predicted octanol–water partition coefficient (Wildman–Crippen LogP) is -0.245. The van der Waals surface area contributed by atoms with Crippen molar-refractivity contribution in [3.8, 4) is 0 Å². The first-order valence-corrected chi connectivity index (χ1v) is 9.91. The van der Waals surface area contributed by atoms with Crippen LogP contribution in [0, 0.1) is 0 Å². The number of hydrogen-bond donors (Lipinski definition) is 4. The lowest BCUT2D eigenvalue weighted by molar-refractivity contribution is -0.147. The second-order valence-corrected chi connectivity index (χ2v) is 7.28. The van der Waals surface area contributed by atoms with E-state index >= 15 is 0 Å². The van der Waals surface area contributed by atoms with Crippen LogP contribution in [0.25, 0.3) is 0 Å². The summed E-state index contributed by atoms with van der Waals surface area (Å²) in [6, 6.07) is -1.18. The molecule has 28 heavy (non-hydrogen) atoms. The lowest BCUT2D eigenvalue weighted by Crippen LogP contribution is -2.56. The second-order valence-electron chi connectivity index (χ2n) is 5.22. The van der Waals surface area contributed by atoms with Crippen molar-refractivity contribution in [1.82, 2.24) is 15.6 Å². The minimum atomic E-state index is -1.18. The van der Waals surface area contributed by atoms with E-state index in [9.17, 15) is 19.5 Å². The van der Waals surface area contributed by atoms with Crippen molar-refractivity contribution in [2.75, 3.05) is 25.2 Å². The molecule has 0 saturated heterocycles. The fourth-order valence-corrected chi connectivity index (χ4v) is 3.81. The summed E-state index contributed by atoms with van der Waals surface area (Å²) in [5.74, 6) is -2.30. The van der Waals surface area contributed by atoms with Gasteiger partial charge in [-0.2, -0.15) is 0 Å². The number of amides is 1. The molecule has 1 aliphatic rings. The largest absolute Gasteiger partial charge is 0.477 e. The number of thiazole rings is 1. The third-order valence-electron chi connectivity index (χ3n) is 3.38. The second kappa shape index (κ2) is 9.94. The van der Waals surface area contributed by atoms with Crippen molar-refractivity contribution in [1.29, 1.82) is 0 Å². The van der Waals surface area contributed by atoms with Crippen molar-refractivity contribution in [2.24, 2.45) is 5.16 Å². The Bertz CT molecular complexity index is 809. The van der Waals surface area contributed by atoms with Gasteiger partial charge in [-0.05, 0) is 13.0 Å². The molecule has 2 atom stereocenters. The smallest absolute Gasteiger partial charge is 0.351 e. The van der Waals surface area contributed by atoms with Crippen molar-refractivity contribution in [3.63, 3.8) is 0 Å². The number of aromatic nitrogens is 1. The predicted molar refractivity (Wildman–Crippen MR) is 104 cm³/mol. The summed E-state index contributed by atoms with van der Waals surface area (Å²) < 4.78 is 5.02. The van der Waals surface area contributed by atoms with E-state index < -0.39 is 29.3 Å². The topological polar surface area (TPSA) is 165 Å². The van der Waals surface area contributed by atoms with Crippen LogP contribution < -0.4 is 16.4 Å². The molecule has 152 valence electrons. The first-order chi connectivity index (χ1) is 13.4. The van der Waals surface area contributed by atoms with Gasteiger partial charge in [-0.1, -0.05) is 5.16 Å². The van der Waals surface area contributed by atoms with Crippen LogP contribution in [0.15, 0.2) is 22.3 Å². The number of carboxylic acid groups (broad SMARTS) is 1. The van der Waals surface area contributed by atoms with Gasteiger partial charge in [-0.15, -0.1) is 23.1 Å². The van der Waals surface area contributed by atoms with Crippen LogP contribution in [-0.2, 0) is 24.0 Å². The van der Waals surface area contributed by atoms with Crippen LogP contribution in [0.1, 0.15) is 12.6 Å². The van der Waals surface area contributed by atoms with E-state index in [1.807, 2.05) is 0 Å². The van der Waals surface area contributed by atoms with E-state index in [0.717, 1.165) is 11.3 Å². The maximum atomic E-state index is 12.7. The lowest BCUT2D eigenvalue weighted by Gasteiger charge is -2.29. The van der Waals surface area contributed by atoms with E-state index in [2.05, 4.69) is 20.8 Å². The van der Waals surface area contributed by atoms with E-state index in [1.165, 1.54) is 30.3 Å². The number of rotatable bonds is 8. The number of aliphatic carboxylic acids is 1. The number of nitrogens with one attached hydrogen (secondary N) is 2. The number of ether oxygens (including phenoxy) is 1. The Balaban J connectivity index is 2.25. The lowest BCUT2D eigenvalue weighted by atomic mass is 10.2. The molecule has 5 N–H and O–H groups in total. The van der Waals surface area contributed by atoms with Gasteiger partial charge in [0, 0.05) is 11.1 Å². The molecule has 2 rings (SSSR count). The van der Waals surface area contributed by atoms with Gasteiger partial charge in [-0.25, -0.2) is 14.6 Å². The molecule has 13 heteroatoms. The third kappa shape index (κ3) is 5.36. The van der Waals surface area contributed by atoms with Gasteiger partial charge in [-0.3, -0.25) is 4.79 Å². The van der Waals surface area contributed by atoms with E-state index in [-0.39, 0.29) is 28.8 Å². The number of carboxylic acids is 1. The van der Waals surface area contributed by atoms with Crippen molar-refractivity contribution in [3.05, 3.63) is 22.8 Å². The Kier molecular flexibility index (Phi) is 7.63. The van der Waals surface area contributed by atoms with Gasteiger partial charge in [0.25, 0.3) is 5.91 Å². The molecule has 0 spiro atoms. The molecule has 2 heterocycles. The number of thioether (sulfide) groups is 1. The number of nitrogens with zero attached hydrogens (tertiary/aromatic N) is 2. The van der Waals surface area contributed by atoms with Crippen LogP contribution in [0.5, 0.6) is 0 Å². The van der Waals surface area contributed by atoms with Gasteiger partial charge in [0.05, 0.1) is 6.61 Å². The van der Waals surface area contributed by atoms with Crippen molar-refractivity contribution in [2.45, 2.75) is 18.3 Å². The molecule has 0 aliphatic carbocycles. The minimum Gasteiger partial charge on any atom is -0.477 e. The Hall–Kier alpha value is -2.80. The fraction of sp³-hybridized carbons (Fsp3) is 0.400. The molecular weight excluding hydrogens is 410 g/mol. The van der Waals surface area contributed by atoms with Crippen LogP contribution in [-0.4, -0.2) is 64.5 Å². The maximum Gasteiger partial charge on any atom is 0.351 e. The van der Waals surface area contributed by atoms with E-state index in [1.54, 1.807) is 6.92 Å². The maximum absolute atomic E-state index is 12.7. The first kappa shape index (κ1) is 21.5. The zero-order valence-electron chi connectivity index (χ0n) is 15.0. The number of anilines is 1. The fourth-order valence-electron chi connectivity index (χ4n) is 2.21. The summed E-state index contributed by atoms with van der Waals surface area (Å²) in [7, 11) is 1.26. The highest BCUT2D eigenvalue weighted by atomic mass is 32.2. The van der Waals surface area contributed by atoms with Crippen LogP contribution >= 0.6 is 23.1 Å². The van der Waals surface area contributed by atoms with Crippen molar-refractivity contribution < 1.29 is 29.1 Å². The Morgan fingerprint density at radius 3 is 2.86 bits per heavy atom. The Morgan fingerprint density at radius 2 is 2.29 bits per heavy atom. The number of hydrogen-bond acceptors (Lipinski definition) is 11. The summed E-state index contributed by atoms with van der Waals surface area (Å²) in [6.07, 6.45) is 1.48. The molecule has 1 aromatic rings. The first-order valence-electron chi connectivity index (χ1n) is 7.99. The highest BCUT2D eigenvalue weighted by Crippen LogP contribution is 2.21. The van der Waals surface area contributed by atoms with Gasteiger partial charge in [0.2, 0.25) is 0 Å². The molecule has 0 aromatic carbocycles. The molecular formula is C15H19N5O6S2. The zero-order valence-corrected chi connectivity index (χ0v) is 16.6. The van der Waals surface area contributed by atoms with Gasteiger partial charge in [0.1, 0.15) is 23.9 Å². The molecule has 0 fully saturated rings. The van der Waals surface area contributed by atoms with Crippen LogP contribution in [0.2, 0.25) is 0 Å². The standard InChI is InChI=1S/C15H19N5O6S2/c1-3-26-14(24)10(12-17-7(13(22)23)4-5-27-12)19-11(21)9(20-25-2)8-6-28-15(16)18-8/h4,6,10,12,17H,3,5H2,1-2H3,(H2,16,18)(H,19,21)(H,22,23)/b20-9-/t10?,12-/m1/s1. The number of nitrogen functional groups attached to an aromatic ring is 1. The molecule has 0 saturated carbocycles. The summed E-state index contributed by atoms with van der Waals surface area (Å²) in [4.78, 5) is 45.1. The highest BCUT2D eigenvalue weighted by molar-refractivity contribution is 8.00. The number of nitrogens with two attached hydrogens (primary N) is 1. The summed E-state index contributed by atoms with van der Waals surface area (Å²) >= 11 is 2.35. The van der Waals surface area contributed by atoms with Crippen LogP contribution in [0.4, 0.5) is 5.13 Å². The molecule has 1 aliphatic heterocycles. The Morgan fingerprint density at radius 1 is 1.54 bits per heavy atom. The Labute approximate surface area is 168 Å². The number of esters is 1. The molecule has 1 aromatic heterocycles. The normalized spacial score (nSPS) is 17.7. The summed E-state index contributed by atoms with van der Waals surface area (Å²) in [5.41, 5.74) is 5.53. The zero-order chi connectivity index (χ0) is 20.7. The molecule has 1 unspecified atom stereocenters. The SMILES string of the molecule is CCOC(=O)C(NC(=O)/C(=N\OC)c1csc(N)n1)[C@@H]1NC(C(=O)O)=CCS1. The minimum absolute atomic E-state index is 0.0645. The van der Waals surface area contributed by atoms with Gasteiger partial charge in [0.15, 0.2) is 16.9 Å². The number of carbonyl (C=O) groups is 3. The van der Waals surface area contributed by atoms with E-state index in [4.69, 9.17) is 15.3 Å². The van der Waals surface area contributed by atoms with E-state index in [0.29, 0.717) is 5.75 Å². The molecule has 0 radical (unpaired) electrons. The summed E-state index contributed by atoms with van der Waals surface area (Å²) in [5, 5.41) is 19.1. The monoisotopic (exact) mass is 429 g/mol. The van der Waals surface area contributed by atoms with Gasteiger partial charge >= 0.3 is 11.9 Å². The van der Waals surface area contributed by atoms with Crippen LogP contribution in [0.3, 0.4) is 0 Å². The highest BCUT2D eigenvalue weighted by Gasteiger charge is 2.36. The molecule has 1 amide bonds. The number of carbonyl (C=O) groups excluding carboxylic acids is 2. The average Bonchev–Trinajstić information content (AvgIpc) is 3.10. The number of oxime groups is 1. The third-order valence-corrected chi connectivity index (χ3v) is 5.17. The van der Waals surface area contributed by atoms with Crippen molar-refractivity contribution >= 4 is 51.8 Å². The average molecular weight is 429 g/mol. The van der Waals surface area contributed by atoms with Gasteiger partial charge < -0.3 is 31.0 Å². The molecule has 11 nitrogen and oxygen atoms in total. The quantitative estimate of drug-likeness (QED) is 0.246.